The van der Waals surface area contributed by atoms with Crippen molar-refractivity contribution in [2.45, 2.75) is 0 Å². The van der Waals surface area contributed by atoms with Crippen LogP contribution >= 0.6 is 15.9 Å². The highest BCUT2D eigenvalue weighted by Gasteiger charge is 1.88. The first-order valence-electron chi connectivity index (χ1n) is 0.567. The van der Waals surface area contributed by atoms with Crippen LogP contribution in [-0.2, 0) is 0 Å². The Bertz CT molecular complexity index is 10.8. The summed E-state index contributed by atoms with van der Waals surface area (Å²) >= 11 is 1.85. The molecule has 0 saturated heterocycles. The van der Waals surface area contributed by atoms with Gasteiger partial charge in [-0.2, -0.15) is 8.78 Å². The third-order valence-corrected chi connectivity index (χ3v) is 0. The van der Waals surface area contributed by atoms with Crippen LogP contribution in [0.4, 0.5) is 8.78 Å². The Kier molecular flexibility index (Phi) is 1.78. The SMILES string of the molecule is F[C](F)Br. The van der Waals surface area contributed by atoms with Gasteiger partial charge in [0, 0.05) is 0 Å². The maximum Gasteiger partial charge on any atom is 0.373 e. The van der Waals surface area contributed by atoms with Crippen molar-refractivity contribution in [1.82, 2.24) is 0 Å². The molecule has 0 aromatic rings. The molecule has 0 aromatic heterocycles. The number of rotatable bonds is 0. The van der Waals surface area contributed by atoms with Gasteiger partial charge < -0.3 is 0 Å². The van der Waals surface area contributed by atoms with Gasteiger partial charge in [0.1, 0.15) is 0 Å². The molecule has 0 fully saturated rings. The molecule has 0 aromatic carbocycles. The van der Waals surface area contributed by atoms with E-state index in [0.29, 0.717) is 0 Å². The minimum atomic E-state index is -1.77. The fourth-order valence-electron chi connectivity index (χ4n) is 0. The summed E-state index contributed by atoms with van der Waals surface area (Å²) < 4.78 is 20.3. The van der Waals surface area contributed by atoms with Crippen LogP contribution < -0.4 is 0 Å². The molecule has 1 radical (unpaired) electrons. The molecule has 0 aliphatic carbocycles. The summed E-state index contributed by atoms with van der Waals surface area (Å²) in [6, 6.07) is 0. The quantitative estimate of drug-likeness (QED) is 0.468. The Morgan fingerprint density at radius 1 is 1.50 bits per heavy atom. The summed E-state index contributed by atoms with van der Waals surface area (Å²) in [4.78, 5) is 0. The predicted octanol–water partition coefficient (Wildman–Crippen LogP) is 1.77. The second-order valence-corrected chi connectivity index (χ2v) is 0.814. The van der Waals surface area contributed by atoms with Gasteiger partial charge in [-0.3, -0.25) is 0 Å². The molecule has 0 heterocycles. The van der Waals surface area contributed by atoms with Crippen LogP contribution in [0, 0.1) is 5.33 Å². The van der Waals surface area contributed by atoms with Crippen molar-refractivity contribution in [3.05, 3.63) is 5.33 Å². The first-order valence-corrected chi connectivity index (χ1v) is 1.36. The van der Waals surface area contributed by atoms with E-state index in [4.69, 9.17) is 0 Å². The van der Waals surface area contributed by atoms with Crippen LogP contribution in [0.2, 0.25) is 0 Å². The van der Waals surface area contributed by atoms with Crippen molar-refractivity contribution in [1.29, 1.82) is 0 Å². The van der Waals surface area contributed by atoms with Crippen molar-refractivity contribution >= 4 is 15.9 Å². The summed E-state index contributed by atoms with van der Waals surface area (Å²) in [5, 5.41) is -1.77. The summed E-state index contributed by atoms with van der Waals surface area (Å²) in [6.45, 7) is 0. The van der Waals surface area contributed by atoms with E-state index in [1.807, 2.05) is 15.9 Å². The fourth-order valence-corrected chi connectivity index (χ4v) is 0. The molecule has 0 spiro atoms. The monoisotopic (exact) mass is 129 g/mol. The van der Waals surface area contributed by atoms with E-state index in [2.05, 4.69) is 0 Å². The van der Waals surface area contributed by atoms with Gasteiger partial charge in [-0.25, -0.2) is 0 Å². The van der Waals surface area contributed by atoms with Crippen LogP contribution in [0.3, 0.4) is 0 Å². The molecule has 0 atom stereocenters. The molecule has 0 amide bonds. The van der Waals surface area contributed by atoms with Gasteiger partial charge >= 0.3 is 5.33 Å². The van der Waals surface area contributed by atoms with Gasteiger partial charge in [-0.15, -0.1) is 0 Å². The molecule has 25 valence electrons. The molecule has 0 aliphatic heterocycles. The van der Waals surface area contributed by atoms with Gasteiger partial charge in [0.2, 0.25) is 0 Å². The highest BCUT2D eigenvalue weighted by atomic mass is 79.9. The van der Waals surface area contributed by atoms with E-state index in [1.165, 1.54) is 0 Å². The number of halogens is 3. The van der Waals surface area contributed by atoms with Crippen LogP contribution in [-0.4, -0.2) is 0 Å². The average molecular weight is 130 g/mol. The lowest BCUT2D eigenvalue weighted by atomic mass is 11.7. The van der Waals surface area contributed by atoms with Gasteiger partial charge in [0.05, 0.1) is 0 Å². The lowest BCUT2D eigenvalue weighted by molar-refractivity contribution is 0.381. The van der Waals surface area contributed by atoms with Gasteiger partial charge in [-0.05, 0) is 15.9 Å². The molecule has 4 heavy (non-hydrogen) atoms. The van der Waals surface area contributed by atoms with E-state index >= 15 is 0 Å². The second-order valence-electron chi connectivity index (χ2n) is 0.214. The maximum atomic E-state index is 10.2. The third kappa shape index (κ3) is 36.3. The largest absolute Gasteiger partial charge is 0.373 e. The number of hydrogen-bond donors (Lipinski definition) is 0. The smallest absolute Gasteiger partial charge is 0.186 e. The van der Waals surface area contributed by atoms with E-state index < -0.39 is 5.33 Å². The van der Waals surface area contributed by atoms with Crippen molar-refractivity contribution in [2.24, 2.45) is 0 Å². The summed E-state index contributed by atoms with van der Waals surface area (Å²) in [7, 11) is 0. The fraction of sp³-hybridized carbons (Fsp3) is 0. The van der Waals surface area contributed by atoms with E-state index in [0.717, 1.165) is 0 Å². The van der Waals surface area contributed by atoms with Gasteiger partial charge in [0.15, 0.2) is 0 Å². The third-order valence-electron chi connectivity index (χ3n) is 0. The van der Waals surface area contributed by atoms with Gasteiger partial charge in [0.25, 0.3) is 0 Å². The van der Waals surface area contributed by atoms with Crippen molar-refractivity contribution in [3.63, 3.8) is 0 Å². The molecule has 0 aliphatic rings. The number of hydrogen-bond acceptors (Lipinski definition) is 0. The predicted molar refractivity (Wildman–Crippen MR) is 14.4 cm³/mol. The highest BCUT2D eigenvalue weighted by molar-refractivity contribution is 9.11. The normalized spacial score (nSPS) is 9.00. The summed E-state index contributed by atoms with van der Waals surface area (Å²) in [6.07, 6.45) is 0. The Labute approximate surface area is 30.9 Å². The topological polar surface area (TPSA) is 0 Å². The zero-order valence-corrected chi connectivity index (χ0v) is 3.22. The first kappa shape index (κ1) is 4.34. The average Bonchev–Trinajstić information content (AvgIpc) is 0.811. The molecular weight excluding hydrogens is 130 g/mol. The molecule has 3 heteroatoms. The molecule has 0 rings (SSSR count). The Hall–Kier alpha value is 0.340. The van der Waals surface area contributed by atoms with E-state index in [1.54, 1.807) is 0 Å². The van der Waals surface area contributed by atoms with Crippen LogP contribution in [0.25, 0.3) is 0 Å². The maximum absolute atomic E-state index is 10.2. The Morgan fingerprint density at radius 2 is 1.50 bits per heavy atom. The molecular formula is CBrF2. The van der Waals surface area contributed by atoms with Crippen molar-refractivity contribution in [3.8, 4) is 0 Å². The van der Waals surface area contributed by atoms with Crippen LogP contribution in [0.1, 0.15) is 0 Å². The lowest BCUT2D eigenvalue weighted by Crippen LogP contribution is -1.43. The molecule has 0 unspecified atom stereocenters. The molecule has 0 bridgehead atoms. The first-order chi connectivity index (χ1) is 1.73. The molecule has 0 saturated carbocycles. The zero-order valence-electron chi connectivity index (χ0n) is 1.63. The minimum absolute atomic E-state index is 1.77. The Balaban J connectivity index is 2.32. The minimum Gasteiger partial charge on any atom is -0.186 e. The Morgan fingerprint density at radius 3 is 1.50 bits per heavy atom. The van der Waals surface area contributed by atoms with Crippen LogP contribution in [0.5, 0.6) is 0 Å². The van der Waals surface area contributed by atoms with Crippen molar-refractivity contribution in [2.75, 3.05) is 0 Å². The lowest BCUT2D eigenvalue weighted by Gasteiger charge is -1.63. The standard InChI is InChI=1S/CBrF2/c2-1(3)4. The van der Waals surface area contributed by atoms with Gasteiger partial charge in [-0.1, -0.05) is 0 Å². The zero-order chi connectivity index (χ0) is 3.58. The summed E-state index contributed by atoms with van der Waals surface area (Å²) in [5.41, 5.74) is 0. The molecule has 0 N–H and O–H groups in total. The van der Waals surface area contributed by atoms with E-state index in [-0.39, 0.29) is 0 Å². The van der Waals surface area contributed by atoms with E-state index in [9.17, 15) is 8.78 Å². The second kappa shape index (κ2) is 1.64. The molecule has 0 nitrogen and oxygen atoms in total. The van der Waals surface area contributed by atoms with Crippen molar-refractivity contribution < 1.29 is 8.78 Å². The summed E-state index contributed by atoms with van der Waals surface area (Å²) in [5.74, 6) is 0. The highest BCUT2D eigenvalue weighted by Crippen LogP contribution is 2.09. The van der Waals surface area contributed by atoms with Crippen LogP contribution in [0.15, 0.2) is 0 Å².